The summed E-state index contributed by atoms with van der Waals surface area (Å²) < 4.78 is 5.34. The molecular formula is C15H16N2O2S. The summed E-state index contributed by atoms with van der Waals surface area (Å²) in [6.07, 6.45) is 2.21. The summed E-state index contributed by atoms with van der Waals surface area (Å²) in [5, 5.41) is 2.64. The second-order valence-corrected chi connectivity index (χ2v) is 5.74. The molecule has 1 aliphatic rings. The van der Waals surface area contributed by atoms with Crippen LogP contribution in [0.2, 0.25) is 0 Å². The molecule has 4 nitrogen and oxygen atoms in total. The number of methoxy groups -OCH3 is 1. The second-order valence-electron chi connectivity index (χ2n) is 4.89. The van der Waals surface area contributed by atoms with Gasteiger partial charge in [-0.05, 0) is 25.0 Å². The minimum Gasteiger partial charge on any atom is -0.496 e. The Balaban J connectivity index is 1.88. The number of benzene rings is 1. The van der Waals surface area contributed by atoms with Gasteiger partial charge in [-0.3, -0.25) is 4.79 Å². The maximum Gasteiger partial charge on any atom is 0.273 e. The van der Waals surface area contributed by atoms with E-state index in [0.29, 0.717) is 11.7 Å². The zero-order valence-corrected chi connectivity index (χ0v) is 12.3. The van der Waals surface area contributed by atoms with Crippen molar-refractivity contribution in [1.29, 1.82) is 0 Å². The van der Waals surface area contributed by atoms with Crippen LogP contribution in [0.15, 0.2) is 29.6 Å². The summed E-state index contributed by atoms with van der Waals surface area (Å²) in [4.78, 5) is 18.5. The predicted molar refractivity (Wildman–Crippen MR) is 79.2 cm³/mol. The molecule has 3 rings (SSSR count). The van der Waals surface area contributed by atoms with Crippen molar-refractivity contribution >= 4 is 17.2 Å². The van der Waals surface area contributed by atoms with Crippen molar-refractivity contribution in [3.63, 3.8) is 0 Å². The summed E-state index contributed by atoms with van der Waals surface area (Å²) in [5.74, 6) is 0.779. The van der Waals surface area contributed by atoms with Crippen molar-refractivity contribution in [1.82, 2.24) is 9.88 Å². The Morgan fingerprint density at radius 3 is 2.85 bits per heavy atom. The molecule has 20 heavy (non-hydrogen) atoms. The van der Waals surface area contributed by atoms with E-state index in [1.807, 2.05) is 36.7 Å². The van der Waals surface area contributed by atoms with Crippen molar-refractivity contribution in [3.8, 4) is 16.3 Å². The summed E-state index contributed by atoms with van der Waals surface area (Å²) in [6.45, 7) is 0. The van der Waals surface area contributed by atoms with Gasteiger partial charge in [-0.1, -0.05) is 12.1 Å². The summed E-state index contributed by atoms with van der Waals surface area (Å²) in [7, 11) is 3.49. The molecule has 0 radical (unpaired) electrons. The van der Waals surface area contributed by atoms with Gasteiger partial charge in [-0.15, -0.1) is 11.3 Å². The van der Waals surface area contributed by atoms with Gasteiger partial charge in [0.15, 0.2) is 0 Å². The maximum absolute atomic E-state index is 12.3. The van der Waals surface area contributed by atoms with E-state index in [1.54, 1.807) is 12.0 Å². The molecule has 104 valence electrons. The SMILES string of the molecule is COc1ccccc1-c1nc(C(=O)N(C)C2CC2)cs1. The number of nitrogens with zero attached hydrogens (tertiary/aromatic N) is 2. The summed E-state index contributed by atoms with van der Waals surface area (Å²) in [6, 6.07) is 8.12. The fourth-order valence-electron chi connectivity index (χ4n) is 2.13. The first kappa shape index (κ1) is 13.1. The second kappa shape index (κ2) is 5.25. The number of thiazole rings is 1. The van der Waals surface area contributed by atoms with Crippen molar-refractivity contribution < 1.29 is 9.53 Å². The van der Waals surface area contributed by atoms with Gasteiger partial charge < -0.3 is 9.64 Å². The Kier molecular flexibility index (Phi) is 3.44. The van der Waals surface area contributed by atoms with Crippen LogP contribution in [0.25, 0.3) is 10.6 Å². The molecule has 0 N–H and O–H groups in total. The Bertz CT molecular complexity index is 634. The molecule has 0 aliphatic heterocycles. The molecule has 0 unspecified atom stereocenters. The van der Waals surface area contributed by atoms with Crippen LogP contribution in [0.5, 0.6) is 5.75 Å². The topological polar surface area (TPSA) is 42.4 Å². The van der Waals surface area contributed by atoms with Crippen LogP contribution >= 0.6 is 11.3 Å². The lowest BCUT2D eigenvalue weighted by molar-refractivity contribution is 0.0780. The van der Waals surface area contributed by atoms with Gasteiger partial charge in [-0.25, -0.2) is 4.98 Å². The Hall–Kier alpha value is -1.88. The molecular weight excluding hydrogens is 272 g/mol. The molecule has 0 saturated heterocycles. The van der Waals surface area contributed by atoms with E-state index in [9.17, 15) is 4.79 Å². The lowest BCUT2D eigenvalue weighted by atomic mass is 10.2. The predicted octanol–water partition coefficient (Wildman–Crippen LogP) is 3.05. The fraction of sp³-hybridized carbons (Fsp3) is 0.333. The molecule has 1 heterocycles. The van der Waals surface area contributed by atoms with E-state index < -0.39 is 0 Å². The Labute approximate surface area is 122 Å². The molecule has 0 atom stereocenters. The molecule has 1 fully saturated rings. The molecule has 5 heteroatoms. The van der Waals surface area contributed by atoms with Gasteiger partial charge in [0.2, 0.25) is 0 Å². The van der Waals surface area contributed by atoms with Gasteiger partial charge in [0, 0.05) is 18.5 Å². The van der Waals surface area contributed by atoms with Crippen molar-refractivity contribution in [2.45, 2.75) is 18.9 Å². The Morgan fingerprint density at radius 1 is 1.40 bits per heavy atom. The minimum absolute atomic E-state index is 0.00454. The third kappa shape index (κ3) is 2.41. The van der Waals surface area contributed by atoms with Gasteiger partial charge in [0.1, 0.15) is 16.5 Å². The molecule has 0 spiro atoms. The zero-order chi connectivity index (χ0) is 14.1. The molecule has 2 aromatic rings. The first-order valence-corrected chi connectivity index (χ1v) is 7.44. The lowest BCUT2D eigenvalue weighted by Crippen LogP contribution is -2.28. The number of amides is 1. The maximum atomic E-state index is 12.3. The Morgan fingerprint density at radius 2 is 2.15 bits per heavy atom. The molecule has 1 saturated carbocycles. The molecule has 1 aliphatic carbocycles. The van der Waals surface area contributed by atoms with Crippen LogP contribution in [0.3, 0.4) is 0 Å². The quantitative estimate of drug-likeness (QED) is 0.868. The molecule has 1 aromatic carbocycles. The standard InChI is InChI=1S/C15H16N2O2S/c1-17(10-7-8-10)15(18)12-9-20-14(16-12)11-5-3-4-6-13(11)19-2/h3-6,9-10H,7-8H2,1-2H3. The van der Waals surface area contributed by atoms with Crippen LogP contribution in [-0.2, 0) is 0 Å². The van der Waals surface area contributed by atoms with Crippen molar-refractivity contribution in [2.75, 3.05) is 14.2 Å². The number of rotatable bonds is 4. The number of aromatic nitrogens is 1. The highest BCUT2D eigenvalue weighted by Gasteiger charge is 2.31. The normalized spacial score (nSPS) is 14.1. The van der Waals surface area contributed by atoms with Crippen LogP contribution in [0.4, 0.5) is 0 Å². The number of hydrogen-bond donors (Lipinski definition) is 0. The van der Waals surface area contributed by atoms with E-state index in [1.165, 1.54) is 11.3 Å². The van der Waals surface area contributed by atoms with Crippen molar-refractivity contribution in [3.05, 3.63) is 35.3 Å². The number of ether oxygens (including phenoxy) is 1. The number of carbonyl (C=O) groups excluding carboxylic acids is 1. The third-order valence-corrected chi connectivity index (χ3v) is 4.35. The zero-order valence-electron chi connectivity index (χ0n) is 11.5. The average molecular weight is 288 g/mol. The number of hydrogen-bond acceptors (Lipinski definition) is 4. The summed E-state index contributed by atoms with van der Waals surface area (Å²) in [5.41, 5.74) is 1.44. The van der Waals surface area contributed by atoms with Crippen molar-refractivity contribution in [2.24, 2.45) is 0 Å². The smallest absolute Gasteiger partial charge is 0.273 e. The van der Waals surface area contributed by atoms with E-state index in [4.69, 9.17) is 4.74 Å². The van der Waals surface area contributed by atoms with E-state index >= 15 is 0 Å². The number of carbonyl (C=O) groups is 1. The molecule has 1 amide bonds. The fourth-order valence-corrected chi connectivity index (χ4v) is 2.95. The average Bonchev–Trinajstić information content (AvgIpc) is 3.23. The first-order chi connectivity index (χ1) is 9.70. The van der Waals surface area contributed by atoms with Crippen LogP contribution in [0, 0.1) is 0 Å². The van der Waals surface area contributed by atoms with E-state index in [-0.39, 0.29) is 5.91 Å². The van der Waals surface area contributed by atoms with E-state index in [2.05, 4.69) is 4.98 Å². The van der Waals surface area contributed by atoms with Gasteiger partial charge in [-0.2, -0.15) is 0 Å². The molecule has 1 aromatic heterocycles. The monoisotopic (exact) mass is 288 g/mol. The largest absolute Gasteiger partial charge is 0.496 e. The highest BCUT2D eigenvalue weighted by molar-refractivity contribution is 7.13. The number of para-hydroxylation sites is 1. The first-order valence-electron chi connectivity index (χ1n) is 6.57. The van der Waals surface area contributed by atoms with Crippen LogP contribution in [0.1, 0.15) is 23.3 Å². The van der Waals surface area contributed by atoms with Crippen LogP contribution < -0.4 is 4.74 Å². The lowest BCUT2D eigenvalue weighted by Gasteiger charge is -2.14. The minimum atomic E-state index is 0.00454. The van der Waals surface area contributed by atoms with E-state index in [0.717, 1.165) is 29.2 Å². The van der Waals surface area contributed by atoms with Gasteiger partial charge >= 0.3 is 0 Å². The molecule has 0 bridgehead atoms. The van der Waals surface area contributed by atoms with Crippen LogP contribution in [-0.4, -0.2) is 36.0 Å². The highest BCUT2D eigenvalue weighted by Crippen LogP contribution is 2.33. The third-order valence-electron chi connectivity index (χ3n) is 3.48. The highest BCUT2D eigenvalue weighted by atomic mass is 32.1. The van der Waals surface area contributed by atoms with Gasteiger partial charge in [0.05, 0.1) is 12.7 Å². The van der Waals surface area contributed by atoms with Gasteiger partial charge in [0.25, 0.3) is 5.91 Å². The summed E-state index contributed by atoms with van der Waals surface area (Å²) >= 11 is 1.47.